The number of fused-ring (bicyclic) bond motifs is 1. The molecular weight excluding hydrogens is 344 g/mol. The lowest BCUT2D eigenvalue weighted by atomic mass is 9.86. The van der Waals surface area contributed by atoms with Gasteiger partial charge >= 0.3 is 0 Å². The predicted molar refractivity (Wildman–Crippen MR) is 105 cm³/mol. The Bertz CT molecular complexity index is 815. The minimum Gasteiger partial charge on any atom is -0.369 e. The molecule has 2 aliphatic rings. The molecule has 0 N–H and O–H groups in total. The van der Waals surface area contributed by atoms with Crippen molar-refractivity contribution in [2.24, 2.45) is 0 Å². The quantitative estimate of drug-likeness (QED) is 0.797. The molecular formula is C22H27F2N3. The predicted octanol–water partition coefficient (Wildman–Crippen LogP) is 3.68. The van der Waals surface area contributed by atoms with E-state index < -0.39 is 11.6 Å². The minimum atomic E-state index is -0.763. The highest BCUT2D eigenvalue weighted by atomic mass is 19.2. The van der Waals surface area contributed by atoms with E-state index in [-0.39, 0.29) is 5.92 Å². The molecule has 4 rings (SSSR count). The average molecular weight is 371 g/mol. The van der Waals surface area contributed by atoms with Crippen LogP contribution in [0.25, 0.3) is 0 Å². The third kappa shape index (κ3) is 3.71. The van der Waals surface area contributed by atoms with Crippen molar-refractivity contribution in [3.63, 3.8) is 0 Å². The van der Waals surface area contributed by atoms with E-state index in [2.05, 4.69) is 47.0 Å². The fourth-order valence-electron chi connectivity index (χ4n) is 4.32. The van der Waals surface area contributed by atoms with Gasteiger partial charge in [0.2, 0.25) is 0 Å². The van der Waals surface area contributed by atoms with Gasteiger partial charge in [-0.3, -0.25) is 0 Å². The number of anilines is 1. The van der Waals surface area contributed by atoms with Gasteiger partial charge in [-0.15, -0.1) is 0 Å². The summed E-state index contributed by atoms with van der Waals surface area (Å²) in [4.78, 5) is 7.03. The molecule has 3 nitrogen and oxygen atoms in total. The average Bonchev–Trinajstić information content (AvgIpc) is 2.82. The number of halogens is 2. The first kappa shape index (κ1) is 18.4. The fraction of sp³-hybridized carbons (Fsp3) is 0.455. The maximum atomic E-state index is 14.5. The van der Waals surface area contributed by atoms with Crippen LogP contribution in [0.5, 0.6) is 0 Å². The lowest BCUT2D eigenvalue weighted by Crippen LogP contribution is -2.44. The molecule has 144 valence electrons. The van der Waals surface area contributed by atoms with Crippen LogP contribution in [0.1, 0.15) is 29.0 Å². The first-order valence-electron chi connectivity index (χ1n) is 9.71. The van der Waals surface area contributed by atoms with Gasteiger partial charge < -0.3 is 14.7 Å². The summed E-state index contributed by atoms with van der Waals surface area (Å²) in [7, 11) is 4.25. The number of hydrogen-bond acceptors (Lipinski definition) is 3. The largest absolute Gasteiger partial charge is 0.369 e. The summed E-state index contributed by atoms with van der Waals surface area (Å²) < 4.78 is 28.3. The molecule has 0 saturated carbocycles. The Kier molecular flexibility index (Phi) is 5.15. The second kappa shape index (κ2) is 7.56. The molecule has 1 atom stereocenters. The Hall–Kier alpha value is -1.98. The summed E-state index contributed by atoms with van der Waals surface area (Å²) in [6.45, 7) is 5.87. The SMILES string of the molecule is CN1CCN(c2ccc3c(c2)CN(C)CCC3c2cccc(F)c2F)CC1. The van der Waals surface area contributed by atoms with Gasteiger partial charge in [0.25, 0.3) is 0 Å². The molecule has 1 saturated heterocycles. The summed E-state index contributed by atoms with van der Waals surface area (Å²) in [5.41, 5.74) is 4.05. The van der Waals surface area contributed by atoms with Crippen molar-refractivity contribution < 1.29 is 8.78 Å². The number of rotatable bonds is 2. The zero-order valence-corrected chi connectivity index (χ0v) is 16.1. The summed E-state index contributed by atoms with van der Waals surface area (Å²) in [5, 5.41) is 0. The highest BCUT2D eigenvalue weighted by Crippen LogP contribution is 2.37. The molecule has 2 aromatic rings. The van der Waals surface area contributed by atoms with Crippen LogP contribution >= 0.6 is 0 Å². The van der Waals surface area contributed by atoms with Gasteiger partial charge in [-0.25, -0.2) is 8.78 Å². The Morgan fingerprint density at radius 2 is 1.63 bits per heavy atom. The number of piperazine rings is 1. The monoisotopic (exact) mass is 371 g/mol. The lowest BCUT2D eigenvalue weighted by molar-refractivity contribution is 0.312. The molecule has 0 aliphatic carbocycles. The van der Waals surface area contributed by atoms with Crippen LogP contribution in [0.4, 0.5) is 14.5 Å². The van der Waals surface area contributed by atoms with Crippen LogP contribution in [0.3, 0.4) is 0 Å². The van der Waals surface area contributed by atoms with Crippen molar-refractivity contribution in [3.8, 4) is 0 Å². The van der Waals surface area contributed by atoms with E-state index in [1.54, 1.807) is 12.1 Å². The molecule has 2 aromatic carbocycles. The third-order valence-electron chi connectivity index (χ3n) is 5.97. The number of hydrogen-bond donors (Lipinski definition) is 0. The van der Waals surface area contributed by atoms with E-state index >= 15 is 0 Å². The van der Waals surface area contributed by atoms with Gasteiger partial charge in [0.1, 0.15) is 0 Å². The molecule has 1 fully saturated rings. The van der Waals surface area contributed by atoms with E-state index in [4.69, 9.17) is 0 Å². The van der Waals surface area contributed by atoms with E-state index in [1.807, 2.05) is 0 Å². The van der Waals surface area contributed by atoms with Crippen molar-refractivity contribution in [1.82, 2.24) is 9.80 Å². The number of nitrogens with zero attached hydrogens (tertiary/aromatic N) is 3. The molecule has 0 bridgehead atoms. The Labute approximate surface area is 160 Å². The first-order valence-corrected chi connectivity index (χ1v) is 9.71. The van der Waals surface area contributed by atoms with Crippen molar-refractivity contribution in [3.05, 3.63) is 64.7 Å². The topological polar surface area (TPSA) is 9.72 Å². The van der Waals surface area contributed by atoms with Crippen molar-refractivity contribution >= 4 is 5.69 Å². The van der Waals surface area contributed by atoms with Gasteiger partial charge in [0, 0.05) is 44.3 Å². The maximum absolute atomic E-state index is 14.5. The standard InChI is InChI=1S/C22H27F2N3/c1-25-10-12-27(13-11-25)17-6-7-18-16(14-17)15-26(2)9-8-19(18)20-4-3-5-21(23)22(20)24/h3-7,14,19H,8-13,15H2,1-2H3. The molecule has 0 spiro atoms. The van der Waals surface area contributed by atoms with Crippen LogP contribution in [-0.2, 0) is 6.54 Å². The first-order chi connectivity index (χ1) is 13.0. The molecule has 5 heteroatoms. The van der Waals surface area contributed by atoms with Gasteiger partial charge in [-0.2, -0.15) is 0 Å². The Morgan fingerprint density at radius 3 is 2.41 bits per heavy atom. The van der Waals surface area contributed by atoms with Crippen LogP contribution in [0.15, 0.2) is 36.4 Å². The van der Waals surface area contributed by atoms with Crippen LogP contribution in [0.2, 0.25) is 0 Å². The number of likely N-dealkylation sites (N-methyl/N-ethyl adjacent to an activating group) is 1. The van der Waals surface area contributed by atoms with Gasteiger partial charge in [-0.05, 0) is 62.0 Å². The summed E-state index contributed by atoms with van der Waals surface area (Å²) >= 11 is 0. The van der Waals surface area contributed by atoms with Gasteiger partial charge in [0.15, 0.2) is 11.6 Å². The smallest absolute Gasteiger partial charge is 0.162 e. The van der Waals surface area contributed by atoms with Crippen molar-refractivity contribution in [2.45, 2.75) is 18.9 Å². The fourth-order valence-corrected chi connectivity index (χ4v) is 4.32. The Balaban J connectivity index is 1.71. The van der Waals surface area contributed by atoms with Crippen LogP contribution in [0, 0.1) is 11.6 Å². The van der Waals surface area contributed by atoms with Gasteiger partial charge in [0.05, 0.1) is 0 Å². The van der Waals surface area contributed by atoms with E-state index in [0.29, 0.717) is 5.56 Å². The van der Waals surface area contributed by atoms with Crippen molar-refractivity contribution in [2.75, 3.05) is 51.7 Å². The summed E-state index contributed by atoms with van der Waals surface area (Å²) in [6.07, 6.45) is 0.789. The molecule has 0 radical (unpaired) electrons. The molecule has 27 heavy (non-hydrogen) atoms. The highest BCUT2D eigenvalue weighted by molar-refractivity contribution is 5.54. The van der Waals surface area contributed by atoms with Crippen molar-refractivity contribution in [1.29, 1.82) is 0 Å². The van der Waals surface area contributed by atoms with E-state index in [1.165, 1.54) is 17.3 Å². The second-order valence-electron chi connectivity index (χ2n) is 7.90. The summed E-state index contributed by atoms with van der Waals surface area (Å²) in [6, 6.07) is 11.1. The minimum absolute atomic E-state index is 0.109. The van der Waals surface area contributed by atoms with E-state index in [0.717, 1.165) is 51.3 Å². The molecule has 1 unspecified atom stereocenters. The maximum Gasteiger partial charge on any atom is 0.162 e. The highest BCUT2D eigenvalue weighted by Gasteiger charge is 2.26. The molecule has 2 aliphatic heterocycles. The second-order valence-corrected chi connectivity index (χ2v) is 7.90. The number of benzene rings is 2. The zero-order chi connectivity index (χ0) is 19.0. The van der Waals surface area contributed by atoms with Gasteiger partial charge in [-0.1, -0.05) is 18.2 Å². The van der Waals surface area contributed by atoms with Crippen LogP contribution < -0.4 is 4.90 Å². The van der Waals surface area contributed by atoms with Crippen LogP contribution in [-0.4, -0.2) is 56.6 Å². The normalized spacial score (nSPS) is 21.8. The third-order valence-corrected chi connectivity index (χ3v) is 5.97. The summed E-state index contributed by atoms with van der Waals surface area (Å²) in [5.74, 6) is -1.58. The van der Waals surface area contributed by atoms with E-state index in [9.17, 15) is 8.78 Å². The zero-order valence-electron chi connectivity index (χ0n) is 16.1. The molecule has 0 amide bonds. The lowest BCUT2D eigenvalue weighted by Gasteiger charge is -2.34. The Morgan fingerprint density at radius 1 is 0.852 bits per heavy atom. The molecule has 2 heterocycles. The molecule has 0 aromatic heterocycles.